The van der Waals surface area contributed by atoms with Crippen LogP contribution >= 0.6 is 11.6 Å². The highest BCUT2D eigenvalue weighted by molar-refractivity contribution is 6.32. The van der Waals surface area contributed by atoms with Gasteiger partial charge in [0.2, 0.25) is 5.95 Å². The van der Waals surface area contributed by atoms with Crippen molar-refractivity contribution < 1.29 is 0 Å². The lowest BCUT2D eigenvalue weighted by molar-refractivity contribution is 0.361. The quantitative estimate of drug-likeness (QED) is 0.901. The van der Waals surface area contributed by atoms with Crippen LogP contribution in [0.1, 0.15) is 32.1 Å². The molecule has 0 atom stereocenters. The standard InChI is InChI=1S/C12H19ClN4/c1-17(8-9-5-3-2-4-6-9)11-10(13)7-15-12(14)16-11/h7,9H,2-6,8H2,1H3,(H2,14,15,16). The summed E-state index contributed by atoms with van der Waals surface area (Å²) in [5.74, 6) is 1.77. The van der Waals surface area contributed by atoms with Crippen LogP contribution in [0.25, 0.3) is 0 Å². The van der Waals surface area contributed by atoms with Gasteiger partial charge in [0.15, 0.2) is 5.82 Å². The average molecular weight is 255 g/mol. The fourth-order valence-corrected chi connectivity index (χ4v) is 2.72. The van der Waals surface area contributed by atoms with Crippen molar-refractivity contribution in [2.24, 2.45) is 5.92 Å². The first kappa shape index (κ1) is 12.4. The minimum Gasteiger partial charge on any atom is -0.368 e. The average Bonchev–Trinajstić information content (AvgIpc) is 2.33. The molecule has 17 heavy (non-hydrogen) atoms. The molecular weight excluding hydrogens is 236 g/mol. The fourth-order valence-electron chi connectivity index (χ4n) is 2.48. The molecule has 0 saturated heterocycles. The number of halogens is 1. The Morgan fingerprint density at radius 2 is 2.12 bits per heavy atom. The monoisotopic (exact) mass is 254 g/mol. The first-order valence-corrected chi connectivity index (χ1v) is 6.54. The van der Waals surface area contributed by atoms with Gasteiger partial charge in [-0.2, -0.15) is 4.98 Å². The van der Waals surface area contributed by atoms with Crippen molar-refractivity contribution in [2.45, 2.75) is 32.1 Å². The summed E-state index contributed by atoms with van der Waals surface area (Å²) in [6.45, 7) is 0.996. The lowest BCUT2D eigenvalue weighted by Gasteiger charge is -2.28. The summed E-state index contributed by atoms with van der Waals surface area (Å²) >= 11 is 6.09. The second-order valence-corrected chi connectivity index (χ2v) is 5.19. The van der Waals surface area contributed by atoms with Gasteiger partial charge in [0.25, 0.3) is 0 Å². The predicted octanol–water partition coefficient (Wildman–Crippen LogP) is 2.73. The van der Waals surface area contributed by atoms with E-state index in [-0.39, 0.29) is 5.95 Å². The molecule has 5 heteroatoms. The molecule has 0 aromatic carbocycles. The Morgan fingerprint density at radius 1 is 1.41 bits per heavy atom. The summed E-state index contributed by atoms with van der Waals surface area (Å²) < 4.78 is 0. The van der Waals surface area contributed by atoms with Gasteiger partial charge in [0, 0.05) is 13.6 Å². The first-order valence-electron chi connectivity index (χ1n) is 6.16. The van der Waals surface area contributed by atoms with Crippen molar-refractivity contribution in [2.75, 3.05) is 24.2 Å². The molecule has 0 radical (unpaired) electrons. The summed E-state index contributed by atoms with van der Waals surface area (Å²) in [5, 5.41) is 0.567. The molecule has 1 aromatic rings. The first-order chi connectivity index (χ1) is 8.16. The van der Waals surface area contributed by atoms with E-state index in [4.69, 9.17) is 17.3 Å². The van der Waals surface area contributed by atoms with Crippen molar-refractivity contribution >= 4 is 23.4 Å². The third-order valence-corrected chi connectivity index (χ3v) is 3.63. The van der Waals surface area contributed by atoms with E-state index in [2.05, 4.69) is 14.9 Å². The second kappa shape index (κ2) is 5.54. The molecule has 2 N–H and O–H groups in total. The van der Waals surface area contributed by atoms with Crippen LogP contribution < -0.4 is 10.6 Å². The maximum Gasteiger partial charge on any atom is 0.222 e. The van der Waals surface area contributed by atoms with Crippen LogP contribution in [-0.2, 0) is 0 Å². The smallest absolute Gasteiger partial charge is 0.222 e. The third-order valence-electron chi connectivity index (χ3n) is 3.36. The van der Waals surface area contributed by atoms with E-state index >= 15 is 0 Å². The molecule has 1 heterocycles. The zero-order chi connectivity index (χ0) is 12.3. The molecule has 0 unspecified atom stereocenters. The van der Waals surface area contributed by atoms with Gasteiger partial charge in [0.1, 0.15) is 5.02 Å². The van der Waals surface area contributed by atoms with E-state index in [0.29, 0.717) is 5.02 Å². The zero-order valence-corrected chi connectivity index (χ0v) is 11.0. The Bertz CT molecular complexity index is 377. The van der Waals surface area contributed by atoms with Crippen LogP contribution in [0, 0.1) is 5.92 Å². The number of anilines is 2. The van der Waals surface area contributed by atoms with Gasteiger partial charge in [-0.15, -0.1) is 0 Å². The Hall–Kier alpha value is -1.03. The number of nitrogens with two attached hydrogens (primary N) is 1. The number of aromatic nitrogens is 2. The Labute approximate surface area is 107 Å². The van der Waals surface area contributed by atoms with Gasteiger partial charge in [-0.05, 0) is 18.8 Å². The maximum atomic E-state index is 6.09. The van der Waals surface area contributed by atoms with E-state index in [1.54, 1.807) is 6.20 Å². The number of rotatable bonds is 3. The Kier molecular flexibility index (Phi) is 4.05. The van der Waals surface area contributed by atoms with Crippen LogP contribution in [0.2, 0.25) is 5.02 Å². The van der Waals surface area contributed by atoms with E-state index < -0.39 is 0 Å². The molecule has 1 aliphatic carbocycles. The van der Waals surface area contributed by atoms with Crippen molar-refractivity contribution in [3.63, 3.8) is 0 Å². The molecule has 0 aliphatic heterocycles. The van der Waals surface area contributed by atoms with Crippen molar-refractivity contribution in [1.82, 2.24) is 9.97 Å². The van der Waals surface area contributed by atoms with Gasteiger partial charge < -0.3 is 10.6 Å². The lowest BCUT2D eigenvalue weighted by atomic mass is 9.89. The molecule has 0 amide bonds. The van der Waals surface area contributed by atoms with Crippen LogP contribution in [0.5, 0.6) is 0 Å². The number of nitrogens with zero attached hydrogens (tertiary/aromatic N) is 3. The van der Waals surface area contributed by atoms with E-state index in [9.17, 15) is 0 Å². The van der Waals surface area contributed by atoms with Crippen molar-refractivity contribution in [3.8, 4) is 0 Å². The summed E-state index contributed by atoms with van der Waals surface area (Å²) in [7, 11) is 2.02. The minimum atomic E-state index is 0.278. The van der Waals surface area contributed by atoms with Crippen molar-refractivity contribution in [3.05, 3.63) is 11.2 Å². The van der Waals surface area contributed by atoms with Gasteiger partial charge in [-0.25, -0.2) is 4.98 Å². The highest BCUT2D eigenvalue weighted by atomic mass is 35.5. The lowest BCUT2D eigenvalue weighted by Crippen LogP contribution is -2.28. The minimum absolute atomic E-state index is 0.278. The topological polar surface area (TPSA) is 55.0 Å². The largest absolute Gasteiger partial charge is 0.368 e. The summed E-state index contributed by atoms with van der Waals surface area (Å²) in [6, 6.07) is 0. The molecule has 0 bridgehead atoms. The molecule has 4 nitrogen and oxygen atoms in total. The number of hydrogen-bond acceptors (Lipinski definition) is 4. The molecular formula is C12H19ClN4. The van der Waals surface area contributed by atoms with Gasteiger partial charge in [-0.3, -0.25) is 0 Å². The fraction of sp³-hybridized carbons (Fsp3) is 0.667. The zero-order valence-electron chi connectivity index (χ0n) is 10.2. The van der Waals surface area contributed by atoms with E-state index in [1.165, 1.54) is 32.1 Å². The molecule has 1 aromatic heterocycles. The Balaban J connectivity index is 2.02. The summed E-state index contributed by atoms with van der Waals surface area (Å²) in [5.41, 5.74) is 5.59. The van der Waals surface area contributed by atoms with Crippen LogP contribution in [-0.4, -0.2) is 23.6 Å². The normalized spacial score (nSPS) is 17.1. The molecule has 1 saturated carbocycles. The maximum absolute atomic E-state index is 6.09. The van der Waals surface area contributed by atoms with E-state index in [0.717, 1.165) is 18.3 Å². The van der Waals surface area contributed by atoms with Crippen molar-refractivity contribution in [1.29, 1.82) is 0 Å². The van der Waals surface area contributed by atoms with Gasteiger partial charge >= 0.3 is 0 Å². The molecule has 2 rings (SSSR count). The molecule has 94 valence electrons. The number of nitrogen functional groups attached to an aromatic ring is 1. The summed E-state index contributed by atoms with van der Waals surface area (Å²) in [6.07, 6.45) is 8.25. The second-order valence-electron chi connectivity index (χ2n) is 4.78. The van der Waals surface area contributed by atoms with Crippen LogP contribution in [0.3, 0.4) is 0 Å². The van der Waals surface area contributed by atoms with Gasteiger partial charge in [0.05, 0.1) is 6.20 Å². The van der Waals surface area contributed by atoms with Crippen LogP contribution in [0.15, 0.2) is 6.20 Å². The van der Waals surface area contributed by atoms with Crippen LogP contribution in [0.4, 0.5) is 11.8 Å². The Morgan fingerprint density at radius 3 is 2.82 bits per heavy atom. The summed E-state index contributed by atoms with van der Waals surface area (Å²) in [4.78, 5) is 10.2. The molecule has 1 aliphatic rings. The third kappa shape index (κ3) is 3.22. The SMILES string of the molecule is CN(CC1CCCCC1)c1nc(N)ncc1Cl. The highest BCUT2D eigenvalue weighted by Crippen LogP contribution is 2.27. The predicted molar refractivity (Wildman–Crippen MR) is 71.3 cm³/mol. The van der Waals surface area contributed by atoms with E-state index in [1.807, 2.05) is 7.05 Å². The van der Waals surface area contributed by atoms with Gasteiger partial charge in [-0.1, -0.05) is 30.9 Å². The number of hydrogen-bond donors (Lipinski definition) is 1. The molecule has 0 spiro atoms. The highest BCUT2D eigenvalue weighted by Gasteiger charge is 2.17. The molecule has 1 fully saturated rings.